The van der Waals surface area contributed by atoms with Gasteiger partial charge in [0.25, 0.3) is 0 Å². The molecule has 2 atom stereocenters. The Morgan fingerprint density at radius 1 is 1.41 bits per heavy atom. The number of hydrogen-bond acceptors (Lipinski definition) is 2. The zero-order valence-electron chi connectivity index (χ0n) is 11.0. The van der Waals surface area contributed by atoms with Gasteiger partial charge in [-0.2, -0.15) is 0 Å². The lowest BCUT2D eigenvalue weighted by Gasteiger charge is -2.24. The summed E-state index contributed by atoms with van der Waals surface area (Å²) in [5, 5.41) is 4.27. The van der Waals surface area contributed by atoms with Crippen molar-refractivity contribution in [1.82, 2.24) is 0 Å². The van der Waals surface area contributed by atoms with Gasteiger partial charge in [-0.15, -0.1) is 0 Å². The van der Waals surface area contributed by atoms with Crippen LogP contribution in [0, 0.1) is 12.8 Å². The quantitative estimate of drug-likeness (QED) is 0.810. The van der Waals surface area contributed by atoms with Crippen molar-refractivity contribution in [1.29, 1.82) is 0 Å². The summed E-state index contributed by atoms with van der Waals surface area (Å²) < 4.78 is 0. The van der Waals surface area contributed by atoms with E-state index in [1.165, 1.54) is 12.8 Å². The van der Waals surface area contributed by atoms with Gasteiger partial charge in [-0.05, 0) is 37.0 Å². The maximum atomic E-state index is 6.11. The average molecular weight is 255 g/mol. The molecule has 3 N–H and O–H groups in total. The molecule has 0 spiro atoms. The van der Waals surface area contributed by atoms with Gasteiger partial charge < -0.3 is 11.1 Å². The fraction of sp³-hybridized carbons (Fsp3) is 0.571. The Kier molecular flexibility index (Phi) is 5.79. The third-order valence-corrected chi connectivity index (χ3v) is 3.62. The molecule has 0 aliphatic rings. The van der Waals surface area contributed by atoms with Crippen LogP contribution in [-0.2, 0) is 0 Å². The number of rotatable bonds is 6. The maximum absolute atomic E-state index is 6.11. The van der Waals surface area contributed by atoms with Gasteiger partial charge in [-0.1, -0.05) is 37.9 Å². The first kappa shape index (κ1) is 14.3. The highest BCUT2D eigenvalue weighted by Gasteiger charge is 2.14. The lowest BCUT2D eigenvalue weighted by molar-refractivity contribution is 0.450. The normalized spacial score (nSPS) is 14.4. The van der Waals surface area contributed by atoms with Crippen LogP contribution < -0.4 is 11.1 Å². The van der Waals surface area contributed by atoms with Crippen LogP contribution in [0.25, 0.3) is 0 Å². The summed E-state index contributed by atoms with van der Waals surface area (Å²) in [5.74, 6) is 0.574. The zero-order valence-corrected chi connectivity index (χ0v) is 11.7. The van der Waals surface area contributed by atoms with Crippen LogP contribution in [-0.4, -0.2) is 12.6 Å². The van der Waals surface area contributed by atoms with Crippen LogP contribution in [0.5, 0.6) is 0 Å². The lowest BCUT2D eigenvalue weighted by atomic mass is 9.96. The van der Waals surface area contributed by atoms with Gasteiger partial charge in [-0.25, -0.2) is 0 Å². The van der Waals surface area contributed by atoms with E-state index in [0.717, 1.165) is 16.3 Å². The van der Waals surface area contributed by atoms with E-state index in [1.807, 2.05) is 19.1 Å². The molecule has 0 saturated heterocycles. The summed E-state index contributed by atoms with van der Waals surface area (Å²) in [6.45, 7) is 7.09. The summed E-state index contributed by atoms with van der Waals surface area (Å²) in [5.41, 5.74) is 7.98. The fourth-order valence-corrected chi connectivity index (χ4v) is 2.17. The average Bonchev–Trinajstić information content (AvgIpc) is 2.30. The Hall–Kier alpha value is -0.730. The first-order valence-corrected chi connectivity index (χ1v) is 6.69. The van der Waals surface area contributed by atoms with Gasteiger partial charge in [0.1, 0.15) is 0 Å². The number of benzene rings is 1. The maximum Gasteiger partial charge on any atom is 0.0455 e. The zero-order chi connectivity index (χ0) is 12.8. The third kappa shape index (κ3) is 4.21. The van der Waals surface area contributed by atoms with E-state index in [2.05, 4.69) is 25.2 Å². The molecular weight excluding hydrogens is 232 g/mol. The van der Waals surface area contributed by atoms with Crippen molar-refractivity contribution in [3.63, 3.8) is 0 Å². The van der Waals surface area contributed by atoms with Crippen molar-refractivity contribution < 1.29 is 0 Å². The number of anilines is 1. The molecule has 96 valence electrons. The first-order chi connectivity index (χ1) is 8.08. The summed E-state index contributed by atoms with van der Waals surface area (Å²) >= 11 is 6.11. The minimum atomic E-state index is 0.314. The molecule has 2 unspecified atom stereocenters. The number of hydrogen-bond donors (Lipinski definition) is 2. The van der Waals surface area contributed by atoms with Crippen LogP contribution in [0.15, 0.2) is 18.2 Å². The van der Waals surface area contributed by atoms with E-state index < -0.39 is 0 Å². The molecule has 3 heteroatoms. The van der Waals surface area contributed by atoms with E-state index in [-0.39, 0.29) is 0 Å². The van der Waals surface area contributed by atoms with Crippen LogP contribution in [0.4, 0.5) is 5.69 Å². The Bertz CT molecular complexity index is 352. The van der Waals surface area contributed by atoms with Gasteiger partial charge >= 0.3 is 0 Å². The lowest BCUT2D eigenvalue weighted by Crippen LogP contribution is -2.35. The molecule has 0 aliphatic heterocycles. The van der Waals surface area contributed by atoms with Crippen LogP contribution >= 0.6 is 11.6 Å². The van der Waals surface area contributed by atoms with Crippen LogP contribution in [0.2, 0.25) is 5.02 Å². The minimum Gasteiger partial charge on any atom is -0.381 e. The Morgan fingerprint density at radius 2 is 2.12 bits per heavy atom. The van der Waals surface area contributed by atoms with Crippen LogP contribution in [0.1, 0.15) is 32.3 Å². The van der Waals surface area contributed by atoms with Crippen molar-refractivity contribution in [2.45, 2.75) is 39.7 Å². The Balaban J connectivity index is 2.70. The number of nitrogens with two attached hydrogens (primary N) is 1. The van der Waals surface area contributed by atoms with E-state index in [0.29, 0.717) is 18.5 Å². The standard InChI is InChI=1S/C14H23ClN2/c1-4-5-11(3)14(9-16)17-12-7-6-10(2)13(15)8-12/h6-8,11,14,17H,4-5,9,16H2,1-3H3. The first-order valence-electron chi connectivity index (χ1n) is 6.31. The molecule has 0 heterocycles. The molecule has 0 radical (unpaired) electrons. The predicted molar refractivity (Wildman–Crippen MR) is 76.7 cm³/mol. The van der Waals surface area contributed by atoms with Crippen LogP contribution in [0.3, 0.4) is 0 Å². The molecule has 1 aromatic rings. The predicted octanol–water partition coefficient (Wildman–Crippen LogP) is 3.82. The SMILES string of the molecule is CCCC(C)C(CN)Nc1ccc(C)c(Cl)c1. The van der Waals surface area contributed by atoms with Gasteiger partial charge in [0.2, 0.25) is 0 Å². The molecule has 0 aliphatic carbocycles. The van der Waals surface area contributed by atoms with Gasteiger partial charge in [0.05, 0.1) is 0 Å². The molecule has 0 bridgehead atoms. The second kappa shape index (κ2) is 6.87. The van der Waals surface area contributed by atoms with Crippen molar-refractivity contribution in [2.75, 3.05) is 11.9 Å². The van der Waals surface area contributed by atoms with E-state index in [9.17, 15) is 0 Å². The monoisotopic (exact) mass is 254 g/mol. The van der Waals surface area contributed by atoms with Crippen molar-refractivity contribution in [3.8, 4) is 0 Å². The molecule has 1 aromatic carbocycles. The Labute approximate surface area is 110 Å². The highest BCUT2D eigenvalue weighted by atomic mass is 35.5. The number of aryl methyl sites for hydroxylation is 1. The smallest absolute Gasteiger partial charge is 0.0455 e. The number of halogens is 1. The largest absolute Gasteiger partial charge is 0.381 e. The molecule has 0 fully saturated rings. The second-order valence-electron chi connectivity index (χ2n) is 4.72. The van der Waals surface area contributed by atoms with E-state index in [4.69, 9.17) is 17.3 Å². The van der Waals surface area contributed by atoms with Crippen molar-refractivity contribution in [2.24, 2.45) is 11.7 Å². The molecule has 17 heavy (non-hydrogen) atoms. The van der Waals surface area contributed by atoms with E-state index in [1.54, 1.807) is 0 Å². The van der Waals surface area contributed by atoms with Gasteiger partial charge in [0.15, 0.2) is 0 Å². The van der Waals surface area contributed by atoms with E-state index >= 15 is 0 Å². The summed E-state index contributed by atoms with van der Waals surface area (Å²) in [6, 6.07) is 6.37. The fourth-order valence-electron chi connectivity index (χ4n) is 1.99. The molecule has 2 nitrogen and oxygen atoms in total. The molecule has 0 saturated carbocycles. The Morgan fingerprint density at radius 3 is 2.65 bits per heavy atom. The summed E-state index contributed by atoms with van der Waals surface area (Å²) in [4.78, 5) is 0. The van der Waals surface area contributed by atoms with Gasteiger partial charge in [0, 0.05) is 23.3 Å². The second-order valence-corrected chi connectivity index (χ2v) is 5.12. The molecule has 0 aromatic heterocycles. The molecule has 0 amide bonds. The van der Waals surface area contributed by atoms with Gasteiger partial charge in [-0.3, -0.25) is 0 Å². The minimum absolute atomic E-state index is 0.314. The highest BCUT2D eigenvalue weighted by molar-refractivity contribution is 6.31. The highest BCUT2D eigenvalue weighted by Crippen LogP contribution is 2.22. The topological polar surface area (TPSA) is 38.0 Å². The van der Waals surface area contributed by atoms with Crippen molar-refractivity contribution >= 4 is 17.3 Å². The summed E-state index contributed by atoms with van der Waals surface area (Å²) in [7, 11) is 0. The summed E-state index contributed by atoms with van der Waals surface area (Å²) in [6.07, 6.45) is 2.38. The third-order valence-electron chi connectivity index (χ3n) is 3.21. The number of nitrogens with one attached hydrogen (secondary N) is 1. The molecular formula is C14H23ClN2. The molecule has 1 rings (SSSR count). The van der Waals surface area contributed by atoms with Crippen molar-refractivity contribution in [3.05, 3.63) is 28.8 Å².